The first-order chi connectivity index (χ1) is 9.25. The van der Waals surface area contributed by atoms with E-state index in [1.165, 1.54) is 0 Å². The van der Waals surface area contributed by atoms with Gasteiger partial charge in [0.05, 0.1) is 18.4 Å². The van der Waals surface area contributed by atoms with Crippen molar-refractivity contribution in [3.8, 4) is 0 Å². The van der Waals surface area contributed by atoms with E-state index in [1.54, 1.807) is 24.4 Å². The number of hydrogen-bond acceptors (Lipinski definition) is 2. The van der Waals surface area contributed by atoms with Gasteiger partial charge in [0, 0.05) is 24.1 Å². The van der Waals surface area contributed by atoms with E-state index in [4.69, 9.17) is 4.42 Å². The molecule has 0 saturated heterocycles. The number of benzene rings is 1. The Kier molecular flexibility index (Phi) is 2.83. The normalized spacial score (nSPS) is 10.8. The number of rotatable bonds is 3. The molecule has 4 nitrogen and oxygen atoms in total. The van der Waals surface area contributed by atoms with Gasteiger partial charge < -0.3 is 14.3 Å². The van der Waals surface area contributed by atoms with Crippen molar-refractivity contribution >= 4 is 16.8 Å². The molecule has 1 amide bonds. The Balaban J connectivity index is 1.87. The van der Waals surface area contributed by atoms with Crippen molar-refractivity contribution in [2.45, 2.75) is 6.54 Å². The molecule has 0 aliphatic carbocycles. The largest absolute Gasteiger partial charge is 0.467 e. The maximum atomic E-state index is 12.4. The van der Waals surface area contributed by atoms with Gasteiger partial charge in [0.2, 0.25) is 0 Å². The highest BCUT2D eigenvalue weighted by molar-refractivity contribution is 6.06. The monoisotopic (exact) mass is 254 g/mol. The van der Waals surface area contributed by atoms with Crippen LogP contribution in [-0.2, 0) is 6.54 Å². The Bertz CT molecular complexity index is 698. The van der Waals surface area contributed by atoms with Crippen LogP contribution in [0.5, 0.6) is 0 Å². The molecule has 4 heteroatoms. The third kappa shape index (κ3) is 2.12. The number of nitrogens with zero attached hydrogens (tertiary/aromatic N) is 1. The number of fused-ring (bicyclic) bond motifs is 1. The number of furan rings is 1. The van der Waals surface area contributed by atoms with Gasteiger partial charge in [-0.2, -0.15) is 0 Å². The van der Waals surface area contributed by atoms with Crippen molar-refractivity contribution in [2.24, 2.45) is 0 Å². The molecule has 1 aromatic carbocycles. The molecule has 0 atom stereocenters. The Labute approximate surface area is 110 Å². The molecule has 0 saturated carbocycles. The molecular formula is C15H14N2O2. The lowest BCUT2D eigenvalue weighted by Gasteiger charge is -2.15. The van der Waals surface area contributed by atoms with Gasteiger partial charge in [-0.15, -0.1) is 0 Å². The third-order valence-corrected chi connectivity index (χ3v) is 3.14. The van der Waals surface area contributed by atoms with Crippen LogP contribution in [0, 0.1) is 0 Å². The van der Waals surface area contributed by atoms with Crippen molar-refractivity contribution < 1.29 is 9.21 Å². The summed E-state index contributed by atoms with van der Waals surface area (Å²) in [6, 6.07) is 11.5. The molecule has 2 aromatic heterocycles. The molecule has 0 aliphatic heterocycles. The van der Waals surface area contributed by atoms with Crippen molar-refractivity contribution in [1.82, 2.24) is 9.88 Å². The highest BCUT2D eigenvalue weighted by atomic mass is 16.3. The van der Waals surface area contributed by atoms with E-state index in [0.29, 0.717) is 12.1 Å². The van der Waals surface area contributed by atoms with E-state index < -0.39 is 0 Å². The molecule has 2 heterocycles. The minimum Gasteiger partial charge on any atom is -0.467 e. The van der Waals surface area contributed by atoms with Crippen LogP contribution >= 0.6 is 0 Å². The molecule has 0 bridgehead atoms. The van der Waals surface area contributed by atoms with Crippen molar-refractivity contribution in [3.05, 3.63) is 60.2 Å². The third-order valence-electron chi connectivity index (χ3n) is 3.14. The predicted molar refractivity (Wildman–Crippen MR) is 72.8 cm³/mol. The van der Waals surface area contributed by atoms with Gasteiger partial charge in [-0.1, -0.05) is 18.2 Å². The molecule has 3 aromatic rings. The highest BCUT2D eigenvalue weighted by Gasteiger charge is 2.16. The Morgan fingerprint density at radius 3 is 2.89 bits per heavy atom. The lowest BCUT2D eigenvalue weighted by molar-refractivity contribution is 0.0777. The van der Waals surface area contributed by atoms with Crippen LogP contribution in [0.15, 0.2) is 53.3 Å². The summed E-state index contributed by atoms with van der Waals surface area (Å²) < 4.78 is 5.26. The van der Waals surface area contributed by atoms with Gasteiger partial charge in [-0.3, -0.25) is 4.79 Å². The fraction of sp³-hybridized carbons (Fsp3) is 0.133. The number of hydrogen-bond donors (Lipinski definition) is 1. The summed E-state index contributed by atoms with van der Waals surface area (Å²) in [7, 11) is 1.77. The summed E-state index contributed by atoms with van der Waals surface area (Å²) in [5.74, 6) is 0.754. The molecule has 0 unspecified atom stereocenters. The standard InChI is InChI=1S/C15H14N2O2/c1-17(10-11-5-4-8-19-11)15(18)13-9-16-14-7-3-2-6-12(13)14/h2-9,16H,10H2,1H3. The molecule has 0 fully saturated rings. The fourth-order valence-corrected chi connectivity index (χ4v) is 2.16. The quantitative estimate of drug-likeness (QED) is 0.781. The lowest BCUT2D eigenvalue weighted by atomic mass is 10.1. The van der Waals surface area contributed by atoms with E-state index in [0.717, 1.165) is 16.7 Å². The molecule has 96 valence electrons. The van der Waals surface area contributed by atoms with Gasteiger partial charge in [-0.25, -0.2) is 0 Å². The van der Waals surface area contributed by atoms with E-state index >= 15 is 0 Å². The van der Waals surface area contributed by atoms with E-state index in [-0.39, 0.29) is 5.91 Å². The lowest BCUT2D eigenvalue weighted by Crippen LogP contribution is -2.25. The Hall–Kier alpha value is -2.49. The van der Waals surface area contributed by atoms with Crippen molar-refractivity contribution in [3.63, 3.8) is 0 Å². The zero-order valence-electron chi connectivity index (χ0n) is 10.6. The first-order valence-electron chi connectivity index (χ1n) is 6.09. The topological polar surface area (TPSA) is 49.2 Å². The van der Waals surface area contributed by atoms with Crippen molar-refractivity contribution in [1.29, 1.82) is 0 Å². The molecule has 1 N–H and O–H groups in total. The Morgan fingerprint density at radius 2 is 2.11 bits per heavy atom. The molecule has 3 rings (SSSR count). The molecular weight excluding hydrogens is 240 g/mol. The van der Waals surface area contributed by atoms with Gasteiger partial charge in [0.1, 0.15) is 5.76 Å². The number of aromatic amines is 1. The Morgan fingerprint density at radius 1 is 1.26 bits per heavy atom. The summed E-state index contributed by atoms with van der Waals surface area (Å²) in [5, 5.41) is 0.943. The first kappa shape index (κ1) is 11.6. The maximum absolute atomic E-state index is 12.4. The van der Waals surface area contributed by atoms with E-state index in [9.17, 15) is 4.79 Å². The number of nitrogens with one attached hydrogen (secondary N) is 1. The summed E-state index contributed by atoms with van der Waals surface area (Å²) in [5.41, 5.74) is 1.65. The van der Waals surface area contributed by atoms with Crippen LogP contribution in [-0.4, -0.2) is 22.8 Å². The molecule has 0 radical (unpaired) electrons. The number of para-hydroxylation sites is 1. The van der Waals surface area contributed by atoms with Crippen molar-refractivity contribution in [2.75, 3.05) is 7.05 Å². The van der Waals surface area contributed by atoms with E-state index in [1.807, 2.05) is 36.4 Å². The highest BCUT2D eigenvalue weighted by Crippen LogP contribution is 2.19. The summed E-state index contributed by atoms with van der Waals surface area (Å²) in [4.78, 5) is 17.2. The van der Waals surface area contributed by atoms with Gasteiger partial charge >= 0.3 is 0 Å². The van der Waals surface area contributed by atoms with Crippen LogP contribution < -0.4 is 0 Å². The SMILES string of the molecule is CN(Cc1ccco1)C(=O)c1c[nH]c2ccccc12. The number of amides is 1. The zero-order valence-corrected chi connectivity index (χ0v) is 10.6. The summed E-state index contributed by atoms with van der Waals surface area (Å²) >= 11 is 0. The second kappa shape index (κ2) is 4.65. The minimum atomic E-state index is -0.0196. The van der Waals surface area contributed by atoms with E-state index in [2.05, 4.69) is 4.98 Å². The zero-order chi connectivity index (χ0) is 13.2. The molecule has 0 spiro atoms. The molecule has 0 aliphatic rings. The second-order valence-corrected chi connectivity index (χ2v) is 4.49. The van der Waals surface area contributed by atoms with Crippen LogP contribution in [0.3, 0.4) is 0 Å². The van der Waals surface area contributed by atoms with Crippen LogP contribution in [0.1, 0.15) is 16.1 Å². The first-order valence-corrected chi connectivity index (χ1v) is 6.09. The number of aromatic nitrogens is 1. The van der Waals surface area contributed by atoms with Gasteiger partial charge in [0.25, 0.3) is 5.91 Å². The minimum absolute atomic E-state index is 0.0196. The van der Waals surface area contributed by atoms with Gasteiger partial charge in [-0.05, 0) is 18.2 Å². The molecule has 19 heavy (non-hydrogen) atoms. The van der Waals surface area contributed by atoms with Crippen LogP contribution in [0.4, 0.5) is 0 Å². The fourth-order valence-electron chi connectivity index (χ4n) is 2.16. The van der Waals surface area contributed by atoms with Crippen LogP contribution in [0.25, 0.3) is 10.9 Å². The number of carbonyl (C=O) groups is 1. The van der Waals surface area contributed by atoms with Gasteiger partial charge in [0.15, 0.2) is 0 Å². The average molecular weight is 254 g/mol. The maximum Gasteiger partial charge on any atom is 0.256 e. The summed E-state index contributed by atoms with van der Waals surface area (Å²) in [6.07, 6.45) is 3.37. The smallest absolute Gasteiger partial charge is 0.256 e. The predicted octanol–water partition coefficient (Wildman–Crippen LogP) is 3.03. The second-order valence-electron chi connectivity index (χ2n) is 4.49. The summed E-state index contributed by atoms with van der Waals surface area (Å²) in [6.45, 7) is 0.464. The van der Waals surface area contributed by atoms with Crippen LogP contribution in [0.2, 0.25) is 0 Å². The number of carbonyl (C=O) groups excluding carboxylic acids is 1. The average Bonchev–Trinajstić information content (AvgIpc) is 3.06. The number of H-pyrrole nitrogens is 1.